The second-order valence-corrected chi connectivity index (χ2v) is 5.03. The maximum absolute atomic E-state index is 5.25. The van der Waals surface area contributed by atoms with Gasteiger partial charge in [0, 0.05) is 30.0 Å². The number of aromatic nitrogens is 1. The van der Waals surface area contributed by atoms with Gasteiger partial charge in [0.1, 0.15) is 5.75 Å². The molecule has 0 spiro atoms. The van der Waals surface area contributed by atoms with Crippen LogP contribution in [0.4, 0.5) is 0 Å². The van der Waals surface area contributed by atoms with Crippen LogP contribution in [0.3, 0.4) is 0 Å². The summed E-state index contributed by atoms with van der Waals surface area (Å²) < 4.78 is 8.53. The van der Waals surface area contributed by atoms with E-state index in [-0.39, 0.29) is 0 Å². The standard InChI is InChI=1S/C14H17BrN2O/c1-16-8-11-5-6-17(9-11)10-12-7-13(18-2)3-4-14(12)15/h3-7,9,16H,8,10H2,1-2H3. The van der Waals surface area contributed by atoms with Crippen LogP contribution in [0.1, 0.15) is 11.1 Å². The molecule has 1 aromatic heterocycles. The normalized spacial score (nSPS) is 10.6. The van der Waals surface area contributed by atoms with E-state index >= 15 is 0 Å². The topological polar surface area (TPSA) is 26.2 Å². The van der Waals surface area contributed by atoms with Crippen molar-refractivity contribution in [3.8, 4) is 5.75 Å². The van der Waals surface area contributed by atoms with Crippen LogP contribution in [0, 0.1) is 0 Å². The summed E-state index contributed by atoms with van der Waals surface area (Å²) >= 11 is 3.57. The van der Waals surface area contributed by atoms with Crippen molar-refractivity contribution < 1.29 is 4.74 Å². The lowest BCUT2D eigenvalue weighted by molar-refractivity contribution is 0.414. The number of rotatable bonds is 5. The van der Waals surface area contributed by atoms with Gasteiger partial charge in [-0.2, -0.15) is 0 Å². The monoisotopic (exact) mass is 308 g/mol. The molecule has 0 fully saturated rings. The predicted molar refractivity (Wildman–Crippen MR) is 77.0 cm³/mol. The molecular formula is C14H17BrN2O. The Balaban J connectivity index is 2.16. The quantitative estimate of drug-likeness (QED) is 0.919. The molecule has 1 aromatic carbocycles. The lowest BCUT2D eigenvalue weighted by Gasteiger charge is -2.08. The molecule has 1 heterocycles. The van der Waals surface area contributed by atoms with Gasteiger partial charge in [0.15, 0.2) is 0 Å². The summed E-state index contributed by atoms with van der Waals surface area (Å²) in [5.74, 6) is 0.885. The fraction of sp³-hybridized carbons (Fsp3) is 0.286. The van der Waals surface area contributed by atoms with Crippen molar-refractivity contribution in [3.05, 3.63) is 52.3 Å². The Morgan fingerprint density at radius 1 is 1.33 bits per heavy atom. The molecule has 0 amide bonds. The van der Waals surface area contributed by atoms with Gasteiger partial charge < -0.3 is 14.6 Å². The van der Waals surface area contributed by atoms with Gasteiger partial charge in [0.05, 0.1) is 7.11 Å². The summed E-state index contributed by atoms with van der Waals surface area (Å²) in [5, 5.41) is 3.15. The summed E-state index contributed by atoms with van der Waals surface area (Å²) in [6.07, 6.45) is 4.25. The van der Waals surface area contributed by atoms with Gasteiger partial charge in [0.25, 0.3) is 0 Å². The Morgan fingerprint density at radius 2 is 2.17 bits per heavy atom. The first kappa shape index (κ1) is 13.2. The van der Waals surface area contributed by atoms with Gasteiger partial charge in [-0.3, -0.25) is 0 Å². The third-order valence-electron chi connectivity index (χ3n) is 2.80. The minimum atomic E-state index is 0.835. The van der Waals surface area contributed by atoms with Crippen molar-refractivity contribution >= 4 is 15.9 Å². The molecule has 3 nitrogen and oxygen atoms in total. The second-order valence-electron chi connectivity index (χ2n) is 4.18. The lowest BCUT2D eigenvalue weighted by Crippen LogP contribution is -2.04. The summed E-state index contributed by atoms with van der Waals surface area (Å²) in [6.45, 7) is 1.73. The summed E-state index contributed by atoms with van der Waals surface area (Å²) in [7, 11) is 3.64. The van der Waals surface area contributed by atoms with Crippen LogP contribution in [0.5, 0.6) is 5.75 Å². The molecule has 0 aliphatic rings. The van der Waals surface area contributed by atoms with Crippen molar-refractivity contribution in [2.45, 2.75) is 13.1 Å². The van der Waals surface area contributed by atoms with E-state index < -0.39 is 0 Å². The highest BCUT2D eigenvalue weighted by Gasteiger charge is 2.04. The summed E-state index contributed by atoms with van der Waals surface area (Å²) in [5.41, 5.74) is 2.50. The number of benzene rings is 1. The minimum Gasteiger partial charge on any atom is -0.497 e. The molecule has 2 aromatic rings. The molecule has 0 atom stereocenters. The van der Waals surface area contributed by atoms with E-state index in [1.807, 2.05) is 19.2 Å². The maximum Gasteiger partial charge on any atom is 0.119 e. The second kappa shape index (κ2) is 6.07. The number of ether oxygens (including phenoxy) is 1. The third kappa shape index (κ3) is 3.15. The van der Waals surface area contributed by atoms with E-state index in [0.717, 1.165) is 23.3 Å². The van der Waals surface area contributed by atoms with Crippen molar-refractivity contribution in [2.24, 2.45) is 0 Å². The first-order valence-corrected chi connectivity index (χ1v) is 6.64. The Hall–Kier alpha value is -1.26. The average Bonchev–Trinajstić information content (AvgIpc) is 2.80. The van der Waals surface area contributed by atoms with E-state index in [2.05, 4.69) is 50.3 Å². The highest BCUT2D eigenvalue weighted by Crippen LogP contribution is 2.23. The van der Waals surface area contributed by atoms with E-state index in [4.69, 9.17) is 4.74 Å². The molecule has 0 aliphatic heterocycles. The zero-order valence-corrected chi connectivity index (χ0v) is 12.2. The average molecular weight is 309 g/mol. The fourth-order valence-electron chi connectivity index (χ4n) is 1.89. The fourth-order valence-corrected chi connectivity index (χ4v) is 2.27. The molecule has 0 aliphatic carbocycles. The molecule has 0 bridgehead atoms. The molecule has 0 unspecified atom stereocenters. The van der Waals surface area contributed by atoms with Crippen LogP contribution in [0.15, 0.2) is 41.1 Å². The first-order valence-electron chi connectivity index (χ1n) is 5.84. The number of halogens is 1. The van der Waals surface area contributed by atoms with Gasteiger partial charge in [-0.15, -0.1) is 0 Å². The molecule has 0 saturated carbocycles. The first-order chi connectivity index (χ1) is 8.72. The van der Waals surface area contributed by atoms with Crippen molar-refractivity contribution in [1.29, 1.82) is 0 Å². The largest absolute Gasteiger partial charge is 0.497 e. The van der Waals surface area contributed by atoms with Crippen molar-refractivity contribution in [1.82, 2.24) is 9.88 Å². The van der Waals surface area contributed by atoms with Gasteiger partial charge in [-0.25, -0.2) is 0 Å². The van der Waals surface area contributed by atoms with Crippen LogP contribution in [0.25, 0.3) is 0 Å². The molecule has 1 N–H and O–H groups in total. The van der Waals surface area contributed by atoms with Gasteiger partial charge in [-0.05, 0) is 42.4 Å². The summed E-state index contributed by atoms with van der Waals surface area (Å²) in [6, 6.07) is 8.16. The highest BCUT2D eigenvalue weighted by atomic mass is 79.9. The molecule has 4 heteroatoms. The third-order valence-corrected chi connectivity index (χ3v) is 3.57. The van der Waals surface area contributed by atoms with Crippen LogP contribution in [0.2, 0.25) is 0 Å². The van der Waals surface area contributed by atoms with Crippen LogP contribution >= 0.6 is 15.9 Å². The lowest BCUT2D eigenvalue weighted by atomic mass is 10.2. The van der Waals surface area contributed by atoms with Gasteiger partial charge >= 0.3 is 0 Å². The number of methoxy groups -OCH3 is 1. The number of hydrogen-bond acceptors (Lipinski definition) is 2. The zero-order valence-electron chi connectivity index (χ0n) is 10.6. The minimum absolute atomic E-state index is 0.835. The Labute approximate surface area is 116 Å². The molecular weight excluding hydrogens is 292 g/mol. The zero-order chi connectivity index (χ0) is 13.0. The Bertz CT molecular complexity index is 522. The number of hydrogen-bond donors (Lipinski definition) is 1. The van der Waals surface area contributed by atoms with E-state index in [1.54, 1.807) is 7.11 Å². The highest BCUT2D eigenvalue weighted by molar-refractivity contribution is 9.10. The smallest absolute Gasteiger partial charge is 0.119 e. The van der Waals surface area contributed by atoms with Crippen LogP contribution in [-0.4, -0.2) is 18.7 Å². The number of nitrogens with zero attached hydrogens (tertiary/aromatic N) is 1. The maximum atomic E-state index is 5.25. The Kier molecular flexibility index (Phi) is 4.44. The van der Waals surface area contributed by atoms with Crippen molar-refractivity contribution in [3.63, 3.8) is 0 Å². The number of nitrogens with one attached hydrogen (secondary N) is 1. The van der Waals surface area contributed by atoms with Gasteiger partial charge in [0.2, 0.25) is 0 Å². The van der Waals surface area contributed by atoms with Gasteiger partial charge in [-0.1, -0.05) is 15.9 Å². The molecule has 0 radical (unpaired) electrons. The molecule has 2 rings (SSSR count). The molecule has 0 saturated heterocycles. The van der Waals surface area contributed by atoms with E-state index in [9.17, 15) is 0 Å². The Morgan fingerprint density at radius 3 is 2.89 bits per heavy atom. The summed E-state index contributed by atoms with van der Waals surface area (Å²) in [4.78, 5) is 0. The van der Waals surface area contributed by atoms with Crippen molar-refractivity contribution in [2.75, 3.05) is 14.2 Å². The van der Waals surface area contributed by atoms with E-state index in [1.165, 1.54) is 11.1 Å². The predicted octanol–water partition coefficient (Wildman–Crippen LogP) is 3.03. The molecule has 18 heavy (non-hydrogen) atoms. The van der Waals surface area contributed by atoms with Crippen LogP contribution in [-0.2, 0) is 13.1 Å². The van der Waals surface area contributed by atoms with E-state index in [0.29, 0.717) is 0 Å². The van der Waals surface area contributed by atoms with Crippen LogP contribution < -0.4 is 10.1 Å². The molecule has 96 valence electrons. The SMILES string of the molecule is CNCc1ccn(Cc2cc(OC)ccc2Br)c1.